The van der Waals surface area contributed by atoms with E-state index in [1.807, 2.05) is 12.1 Å². The molecule has 2 heterocycles. The van der Waals surface area contributed by atoms with Gasteiger partial charge in [0.2, 0.25) is 0 Å². The Bertz CT molecular complexity index is 1150. The van der Waals surface area contributed by atoms with Crippen LogP contribution in [-0.4, -0.2) is 33.6 Å². The van der Waals surface area contributed by atoms with Crippen molar-refractivity contribution in [3.8, 4) is 5.75 Å². The van der Waals surface area contributed by atoms with Crippen molar-refractivity contribution >= 4 is 32.3 Å². The number of aromatic nitrogens is 1. The Morgan fingerprint density at radius 2 is 1.92 bits per heavy atom. The maximum Gasteiger partial charge on any atom is 0.272 e. The van der Waals surface area contributed by atoms with Crippen molar-refractivity contribution in [2.24, 2.45) is 0 Å². The lowest BCUT2D eigenvalue weighted by molar-refractivity contribution is 0.322. The SMILES string of the molecule is CN(c1cc2ccccc2[nH]c1=O)S(=O)(=O)c1ccc2c(c1)OCCN2. The molecule has 1 aliphatic heterocycles. The van der Waals surface area contributed by atoms with E-state index in [0.717, 1.165) is 15.4 Å². The second-order valence-electron chi connectivity index (χ2n) is 5.98. The van der Waals surface area contributed by atoms with Crippen LogP contribution in [0.2, 0.25) is 0 Å². The summed E-state index contributed by atoms with van der Waals surface area (Å²) >= 11 is 0. The normalized spacial score (nSPS) is 13.6. The molecule has 0 unspecified atom stereocenters. The van der Waals surface area contributed by atoms with Crippen LogP contribution >= 0.6 is 0 Å². The molecule has 0 bridgehead atoms. The average Bonchev–Trinajstić information content (AvgIpc) is 2.66. The molecule has 0 aliphatic carbocycles. The number of ether oxygens (including phenoxy) is 1. The molecule has 7 nitrogen and oxygen atoms in total. The van der Waals surface area contributed by atoms with Crippen molar-refractivity contribution < 1.29 is 13.2 Å². The third-order valence-electron chi connectivity index (χ3n) is 4.36. The Kier molecular flexibility index (Phi) is 3.84. The van der Waals surface area contributed by atoms with Gasteiger partial charge >= 0.3 is 0 Å². The van der Waals surface area contributed by atoms with Gasteiger partial charge in [0.15, 0.2) is 0 Å². The molecular formula is C18H17N3O4S. The van der Waals surface area contributed by atoms with Gasteiger partial charge in [-0.2, -0.15) is 0 Å². The van der Waals surface area contributed by atoms with Crippen LogP contribution in [0.25, 0.3) is 10.9 Å². The van der Waals surface area contributed by atoms with E-state index in [1.165, 1.54) is 19.2 Å². The van der Waals surface area contributed by atoms with Crippen molar-refractivity contribution in [3.05, 3.63) is 58.9 Å². The van der Waals surface area contributed by atoms with E-state index in [1.54, 1.807) is 24.3 Å². The largest absolute Gasteiger partial charge is 0.490 e. The van der Waals surface area contributed by atoms with Crippen LogP contribution in [0.15, 0.2) is 58.2 Å². The molecule has 1 aliphatic rings. The number of nitrogens with zero attached hydrogens (tertiary/aromatic N) is 1. The topological polar surface area (TPSA) is 91.5 Å². The van der Waals surface area contributed by atoms with Gasteiger partial charge in [-0.1, -0.05) is 18.2 Å². The van der Waals surface area contributed by atoms with E-state index in [4.69, 9.17) is 4.74 Å². The second kappa shape index (κ2) is 6.06. The molecule has 1 aromatic heterocycles. The number of hydrogen-bond donors (Lipinski definition) is 2. The fourth-order valence-corrected chi connectivity index (χ4v) is 4.14. The van der Waals surface area contributed by atoms with E-state index in [-0.39, 0.29) is 10.6 Å². The highest BCUT2D eigenvalue weighted by Crippen LogP contribution is 2.31. The van der Waals surface area contributed by atoms with Gasteiger partial charge in [0.1, 0.15) is 18.0 Å². The van der Waals surface area contributed by atoms with E-state index in [0.29, 0.717) is 24.4 Å². The highest BCUT2D eigenvalue weighted by atomic mass is 32.2. The van der Waals surface area contributed by atoms with Crippen molar-refractivity contribution in [2.45, 2.75) is 4.90 Å². The van der Waals surface area contributed by atoms with Gasteiger partial charge in [0, 0.05) is 30.6 Å². The standard InChI is InChI=1S/C18H17N3O4S/c1-21(16-10-12-4-2-3-5-14(12)20-18(16)22)26(23,24)13-6-7-15-17(11-13)25-9-8-19-15/h2-7,10-11,19H,8-9H2,1H3,(H,20,22). The molecule has 0 amide bonds. The van der Waals surface area contributed by atoms with Crippen LogP contribution in [0.1, 0.15) is 0 Å². The second-order valence-corrected chi connectivity index (χ2v) is 7.95. The molecule has 2 aromatic carbocycles. The predicted molar refractivity (Wildman–Crippen MR) is 101 cm³/mol. The van der Waals surface area contributed by atoms with Crippen LogP contribution in [0, 0.1) is 0 Å². The number of hydrogen-bond acceptors (Lipinski definition) is 5. The summed E-state index contributed by atoms with van der Waals surface area (Å²) in [5, 5.41) is 3.89. The lowest BCUT2D eigenvalue weighted by Gasteiger charge is -2.22. The monoisotopic (exact) mass is 371 g/mol. The zero-order chi connectivity index (χ0) is 18.3. The highest BCUT2D eigenvalue weighted by molar-refractivity contribution is 7.92. The zero-order valence-electron chi connectivity index (χ0n) is 14.0. The number of sulfonamides is 1. The predicted octanol–water partition coefficient (Wildman–Crippen LogP) is 2.16. The summed E-state index contributed by atoms with van der Waals surface area (Å²) in [5.74, 6) is 0.484. The zero-order valence-corrected chi connectivity index (χ0v) is 14.8. The minimum absolute atomic E-state index is 0.0560. The third-order valence-corrected chi connectivity index (χ3v) is 6.13. The lowest BCUT2D eigenvalue weighted by Crippen LogP contribution is -2.31. The van der Waals surface area contributed by atoms with Gasteiger partial charge in [-0.25, -0.2) is 8.42 Å². The Hall–Kier alpha value is -3.00. The maximum atomic E-state index is 13.0. The van der Waals surface area contributed by atoms with E-state index in [9.17, 15) is 13.2 Å². The molecule has 0 spiro atoms. The van der Waals surface area contributed by atoms with Crippen molar-refractivity contribution in [1.82, 2.24) is 4.98 Å². The van der Waals surface area contributed by atoms with Crippen LogP contribution < -0.4 is 19.9 Å². The summed E-state index contributed by atoms with van der Waals surface area (Å²) < 4.78 is 32.5. The molecule has 3 aromatic rings. The smallest absolute Gasteiger partial charge is 0.272 e. The molecule has 0 fully saturated rings. The van der Waals surface area contributed by atoms with Crippen molar-refractivity contribution in [2.75, 3.05) is 29.8 Å². The minimum atomic E-state index is -3.91. The van der Waals surface area contributed by atoms with E-state index in [2.05, 4.69) is 10.3 Å². The quantitative estimate of drug-likeness (QED) is 0.736. The number of pyridine rings is 1. The number of H-pyrrole nitrogens is 1. The Morgan fingerprint density at radius 3 is 2.77 bits per heavy atom. The summed E-state index contributed by atoms with van der Waals surface area (Å²) in [6, 6.07) is 13.4. The maximum absolute atomic E-state index is 13.0. The molecule has 0 radical (unpaired) electrons. The first-order valence-electron chi connectivity index (χ1n) is 8.08. The molecule has 8 heteroatoms. The summed E-state index contributed by atoms with van der Waals surface area (Å²) in [4.78, 5) is 15.2. The first-order valence-corrected chi connectivity index (χ1v) is 9.52. The average molecular weight is 371 g/mol. The molecule has 0 saturated carbocycles. The van der Waals surface area contributed by atoms with Crippen LogP contribution in [-0.2, 0) is 10.0 Å². The molecule has 0 saturated heterocycles. The number of benzene rings is 2. The fourth-order valence-electron chi connectivity index (χ4n) is 2.93. The van der Waals surface area contributed by atoms with E-state index >= 15 is 0 Å². The Balaban J connectivity index is 1.79. The van der Waals surface area contributed by atoms with Gasteiger partial charge in [0.05, 0.1) is 10.6 Å². The summed E-state index contributed by atoms with van der Waals surface area (Å²) in [7, 11) is -2.54. The molecule has 2 N–H and O–H groups in total. The van der Waals surface area contributed by atoms with Gasteiger partial charge < -0.3 is 15.0 Å². The molecular weight excluding hydrogens is 354 g/mol. The number of rotatable bonds is 3. The van der Waals surface area contributed by atoms with Crippen LogP contribution in [0.4, 0.5) is 11.4 Å². The van der Waals surface area contributed by atoms with Gasteiger partial charge in [-0.15, -0.1) is 0 Å². The highest BCUT2D eigenvalue weighted by Gasteiger charge is 2.25. The number of aromatic amines is 1. The summed E-state index contributed by atoms with van der Waals surface area (Å²) in [6.07, 6.45) is 0. The number of fused-ring (bicyclic) bond motifs is 2. The van der Waals surface area contributed by atoms with E-state index < -0.39 is 15.6 Å². The summed E-state index contributed by atoms with van der Waals surface area (Å²) in [6.45, 7) is 1.14. The first-order chi connectivity index (χ1) is 12.5. The van der Waals surface area contributed by atoms with Crippen molar-refractivity contribution in [1.29, 1.82) is 0 Å². The first kappa shape index (κ1) is 16.5. The van der Waals surface area contributed by atoms with Crippen LogP contribution in [0.3, 0.4) is 0 Å². The molecule has 134 valence electrons. The number of anilines is 2. The Morgan fingerprint density at radius 1 is 1.12 bits per heavy atom. The van der Waals surface area contributed by atoms with Crippen LogP contribution in [0.5, 0.6) is 5.75 Å². The molecule has 0 atom stereocenters. The number of nitrogens with one attached hydrogen (secondary N) is 2. The van der Waals surface area contributed by atoms with Gasteiger partial charge in [-0.3, -0.25) is 9.10 Å². The van der Waals surface area contributed by atoms with Gasteiger partial charge in [0.25, 0.3) is 15.6 Å². The summed E-state index contributed by atoms with van der Waals surface area (Å²) in [5.41, 5.74) is 0.993. The minimum Gasteiger partial charge on any atom is -0.490 e. The Labute approximate surface area is 150 Å². The number of para-hydroxylation sites is 1. The lowest BCUT2D eigenvalue weighted by atomic mass is 10.2. The molecule has 26 heavy (non-hydrogen) atoms. The van der Waals surface area contributed by atoms with Gasteiger partial charge in [-0.05, 0) is 24.3 Å². The fraction of sp³-hybridized carbons (Fsp3) is 0.167. The molecule has 4 rings (SSSR count). The third kappa shape index (κ3) is 2.68. The van der Waals surface area contributed by atoms with Crippen molar-refractivity contribution in [3.63, 3.8) is 0 Å².